The van der Waals surface area contributed by atoms with Crippen LogP contribution in [0.4, 0.5) is 5.69 Å². The van der Waals surface area contributed by atoms with E-state index in [9.17, 15) is 0 Å². The largest absolute Gasteiger partial charge is 0.416 e. The summed E-state index contributed by atoms with van der Waals surface area (Å²) in [6.07, 6.45) is 0. The van der Waals surface area contributed by atoms with E-state index in [1.54, 1.807) is 6.07 Å². The number of anilines is 1. The first-order valence-corrected chi connectivity index (χ1v) is 6.88. The van der Waals surface area contributed by atoms with E-state index in [-0.39, 0.29) is 0 Å². The first kappa shape index (κ1) is 13.6. The van der Waals surface area contributed by atoms with E-state index >= 15 is 0 Å². The Hall–Kier alpha value is -2.33. The maximum Gasteiger partial charge on any atom is 0.248 e. The van der Waals surface area contributed by atoms with Crippen molar-refractivity contribution in [2.75, 3.05) is 19.0 Å². The van der Waals surface area contributed by atoms with E-state index < -0.39 is 0 Å². The maximum absolute atomic E-state index is 5.97. The predicted octanol–water partition coefficient (Wildman–Crippen LogP) is 4.12. The average Bonchev–Trinajstić information content (AvgIpc) is 2.97. The summed E-state index contributed by atoms with van der Waals surface area (Å²) < 4.78 is 5.72. The molecule has 106 valence electrons. The molecule has 2 aromatic carbocycles. The fourth-order valence-electron chi connectivity index (χ4n) is 1.98. The van der Waals surface area contributed by atoms with Crippen LogP contribution in [-0.4, -0.2) is 24.3 Å². The van der Waals surface area contributed by atoms with Gasteiger partial charge in [-0.05, 0) is 42.5 Å². The van der Waals surface area contributed by atoms with Gasteiger partial charge in [0.2, 0.25) is 11.8 Å². The van der Waals surface area contributed by atoms with Crippen LogP contribution < -0.4 is 4.90 Å². The Morgan fingerprint density at radius 1 is 0.905 bits per heavy atom. The lowest BCUT2D eigenvalue weighted by molar-refractivity contribution is 0.584. The Kier molecular flexibility index (Phi) is 3.62. The lowest BCUT2D eigenvalue weighted by atomic mass is 10.2. The molecule has 5 heteroatoms. The summed E-state index contributed by atoms with van der Waals surface area (Å²) in [5.74, 6) is 0.958. The van der Waals surface area contributed by atoms with Gasteiger partial charge in [-0.15, -0.1) is 10.2 Å². The van der Waals surface area contributed by atoms with Crippen LogP contribution in [0.3, 0.4) is 0 Å². The predicted molar refractivity (Wildman–Crippen MR) is 84.5 cm³/mol. The smallest absolute Gasteiger partial charge is 0.248 e. The fraction of sp³-hybridized carbons (Fsp3) is 0.125. The Morgan fingerprint density at radius 3 is 2.19 bits per heavy atom. The van der Waals surface area contributed by atoms with E-state index in [1.165, 1.54) is 0 Å². The monoisotopic (exact) mass is 299 g/mol. The van der Waals surface area contributed by atoms with E-state index in [0.29, 0.717) is 16.8 Å². The molecule has 0 bridgehead atoms. The van der Waals surface area contributed by atoms with Crippen LogP contribution in [0, 0.1) is 0 Å². The number of hydrogen-bond donors (Lipinski definition) is 0. The summed E-state index contributed by atoms with van der Waals surface area (Å²) in [5, 5.41) is 8.81. The summed E-state index contributed by atoms with van der Waals surface area (Å²) in [7, 11) is 4.00. The highest BCUT2D eigenvalue weighted by atomic mass is 35.5. The molecule has 0 atom stereocenters. The van der Waals surface area contributed by atoms with Crippen LogP contribution >= 0.6 is 11.6 Å². The van der Waals surface area contributed by atoms with Crippen molar-refractivity contribution in [2.24, 2.45) is 0 Å². The second kappa shape index (κ2) is 5.58. The normalized spacial score (nSPS) is 10.6. The molecule has 1 aromatic heterocycles. The number of hydrogen-bond acceptors (Lipinski definition) is 4. The second-order valence-electron chi connectivity index (χ2n) is 4.86. The van der Waals surface area contributed by atoms with Crippen LogP contribution in [0.25, 0.3) is 22.9 Å². The molecule has 0 aliphatic rings. The number of benzene rings is 2. The molecular formula is C16H14ClN3O. The van der Waals surface area contributed by atoms with Crippen molar-refractivity contribution in [3.63, 3.8) is 0 Å². The van der Waals surface area contributed by atoms with Gasteiger partial charge in [0.05, 0.1) is 0 Å². The number of nitrogens with zero attached hydrogens (tertiary/aromatic N) is 3. The summed E-state index contributed by atoms with van der Waals surface area (Å²) >= 11 is 5.97. The third kappa shape index (κ3) is 2.90. The lowest BCUT2D eigenvalue weighted by Gasteiger charge is -2.11. The topological polar surface area (TPSA) is 42.2 Å². The minimum Gasteiger partial charge on any atom is -0.416 e. The zero-order chi connectivity index (χ0) is 14.8. The van der Waals surface area contributed by atoms with E-state index in [2.05, 4.69) is 10.2 Å². The van der Waals surface area contributed by atoms with Crippen LogP contribution in [0.15, 0.2) is 52.9 Å². The number of rotatable bonds is 3. The third-order valence-corrected chi connectivity index (χ3v) is 3.36. The molecule has 0 unspecified atom stereocenters. The molecular weight excluding hydrogens is 286 g/mol. The second-order valence-corrected chi connectivity index (χ2v) is 5.30. The van der Waals surface area contributed by atoms with Crippen molar-refractivity contribution >= 4 is 17.3 Å². The standard InChI is InChI=1S/C16H14ClN3O/c1-20(2)14-8-6-11(7-9-14)15-18-19-16(21-15)12-4-3-5-13(17)10-12/h3-10H,1-2H3. The van der Waals surface area contributed by atoms with Gasteiger partial charge in [0.25, 0.3) is 0 Å². The molecule has 1 heterocycles. The summed E-state index contributed by atoms with van der Waals surface area (Å²) in [4.78, 5) is 2.04. The lowest BCUT2D eigenvalue weighted by Crippen LogP contribution is -2.07. The molecule has 0 saturated heterocycles. The van der Waals surface area contributed by atoms with Crippen LogP contribution in [0.2, 0.25) is 5.02 Å². The quantitative estimate of drug-likeness (QED) is 0.729. The summed E-state index contributed by atoms with van der Waals surface area (Å²) in [6, 6.07) is 15.3. The molecule has 0 amide bonds. The van der Waals surface area contributed by atoms with Gasteiger partial charge in [-0.3, -0.25) is 0 Å². The van der Waals surface area contributed by atoms with Gasteiger partial charge in [0.1, 0.15) is 0 Å². The molecule has 3 rings (SSSR count). The molecule has 0 fully saturated rings. The first-order chi connectivity index (χ1) is 10.1. The molecule has 0 aliphatic heterocycles. The van der Waals surface area contributed by atoms with E-state index in [1.807, 2.05) is 61.5 Å². The molecule has 0 saturated carbocycles. The van der Waals surface area contributed by atoms with Crippen molar-refractivity contribution < 1.29 is 4.42 Å². The van der Waals surface area contributed by atoms with Crippen molar-refractivity contribution in [1.82, 2.24) is 10.2 Å². The minimum atomic E-state index is 0.462. The average molecular weight is 300 g/mol. The maximum atomic E-state index is 5.97. The van der Waals surface area contributed by atoms with Crippen molar-refractivity contribution in [3.05, 3.63) is 53.6 Å². The molecule has 0 spiro atoms. The van der Waals surface area contributed by atoms with Gasteiger partial charge in [0.15, 0.2) is 0 Å². The van der Waals surface area contributed by atoms with Gasteiger partial charge in [-0.2, -0.15) is 0 Å². The Balaban J connectivity index is 1.91. The third-order valence-electron chi connectivity index (χ3n) is 3.13. The van der Waals surface area contributed by atoms with Gasteiger partial charge in [-0.1, -0.05) is 17.7 Å². The van der Waals surface area contributed by atoms with E-state index in [4.69, 9.17) is 16.0 Å². The molecule has 4 nitrogen and oxygen atoms in total. The van der Waals surface area contributed by atoms with Gasteiger partial charge in [0, 0.05) is 35.9 Å². The highest BCUT2D eigenvalue weighted by Gasteiger charge is 2.10. The Bertz CT molecular complexity index is 750. The number of aromatic nitrogens is 2. The van der Waals surface area contributed by atoms with Crippen molar-refractivity contribution in [1.29, 1.82) is 0 Å². The SMILES string of the molecule is CN(C)c1ccc(-c2nnc(-c3cccc(Cl)c3)o2)cc1. The van der Waals surface area contributed by atoms with Gasteiger partial charge in [-0.25, -0.2) is 0 Å². The summed E-state index contributed by atoms with van der Waals surface area (Å²) in [6.45, 7) is 0. The zero-order valence-electron chi connectivity index (χ0n) is 11.7. The Labute approximate surface area is 128 Å². The molecule has 3 aromatic rings. The van der Waals surface area contributed by atoms with Crippen LogP contribution in [0.5, 0.6) is 0 Å². The fourth-order valence-corrected chi connectivity index (χ4v) is 2.17. The zero-order valence-corrected chi connectivity index (χ0v) is 12.5. The van der Waals surface area contributed by atoms with Crippen molar-refractivity contribution in [2.45, 2.75) is 0 Å². The van der Waals surface area contributed by atoms with Crippen LogP contribution in [0.1, 0.15) is 0 Å². The summed E-state index contributed by atoms with van der Waals surface area (Å²) in [5.41, 5.74) is 2.82. The first-order valence-electron chi connectivity index (χ1n) is 6.51. The molecule has 0 aliphatic carbocycles. The Morgan fingerprint density at radius 2 is 1.57 bits per heavy atom. The highest BCUT2D eigenvalue weighted by molar-refractivity contribution is 6.30. The minimum absolute atomic E-state index is 0.462. The molecule has 0 radical (unpaired) electrons. The molecule has 0 N–H and O–H groups in total. The van der Waals surface area contributed by atoms with Gasteiger partial charge < -0.3 is 9.32 Å². The highest BCUT2D eigenvalue weighted by Crippen LogP contribution is 2.26. The van der Waals surface area contributed by atoms with Gasteiger partial charge >= 0.3 is 0 Å². The van der Waals surface area contributed by atoms with E-state index in [0.717, 1.165) is 16.8 Å². The molecule has 21 heavy (non-hydrogen) atoms. The number of halogens is 1. The van der Waals surface area contributed by atoms with Crippen molar-refractivity contribution in [3.8, 4) is 22.9 Å². The van der Waals surface area contributed by atoms with Crippen LogP contribution in [-0.2, 0) is 0 Å².